The monoisotopic (exact) mass is 343 g/mol. The summed E-state index contributed by atoms with van der Waals surface area (Å²) in [5.41, 5.74) is 1.28. The van der Waals surface area contributed by atoms with Crippen LogP contribution in [-0.2, 0) is 0 Å². The van der Waals surface area contributed by atoms with Gasteiger partial charge in [-0.3, -0.25) is 0 Å². The van der Waals surface area contributed by atoms with Crippen LogP contribution < -0.4 is 5.32 Å². The van der Waals surface area contributed by atoms with Gasteiger partial charge in [0.25, 0.3) is 0 Å². The molecule has 0 amide bonds. The molecule has 0 saturated heterocycles. The molecule has 0 aliphatic carbocycles. The summed E-state index contributed by atoms with van der Waals surface area (Å²) in [5, 5.41) is 3.27. The Morgan fingerprint density at radius 1 is 1.44 bits per heavy atom. The van der Waals surface area contributed by atoms with Crippen molar-refractivity contribution in [2.24, 2.45) is 0 Å². The van der Waals surface area contributed by atoms with E-state index in [1.807, 2.05) is 14.0 Å². The van der Waals surface area contributed by atoms with Crippen molar-refractivity contribution in [2.45, 2.75) is 29.1 Å². The highest BCUT2D eigenvalue weighted by Gasteiger charge is 2.12. The summed E-state index contributed by atoms with van der Waals surface area (Å²) in [7, 11) is 1.97. The van der Waals surface area contributed by atoms with Crippen LogP contribution in [0, 0.1) is 6.92 Å². The molecule has 1 heterocycles. The van der Waals surface area contributed by atoms with Gasteiger partial charge in [-0.15, -0.1) is 0 Å². The Balaban J connectivity index is 2.33. The first-order valence-corrected chi connectivity index (χ1v) is 7.93. The highest BCUT2D eigenvalue weighted by Crippen LogP contribution is 2.35. The van der Waals surface area contributed by atoms with Gasteiger partial charge in [-0.2, -0.15) is 4.37 Å². The second kappa shape index (κ2) is 6.14. The van der Waals surface area contributed by atoms with Gasteiger partial charge in [-0.05, 0) is 50.1 Å². The van der Waals surface area contributed by atoms with Gasteiger partial charge in [0, 0.05) is 15.4 Å². The third-order valence-electron chi connectivity index (χ3n) is 2.58. The molecule has 1 atom stereocenters. The van der Waals surface area contributed by atoms with Crippen LogP contribution in [0.4, 0.5) is 0 Å². The number of nitrogens with zero attached hydrogens (tertiary/aromatic N) is 2. The average Bonchev–Trinajstić information content (AvgIpc) is 2.74. The standard InChI is InChI=1S/C12H14BrN3S2/c1-7(14-3)10-5-4-9(13)6-11(10)17-12-15-8(2)16-18-12/h4-7,14H,1-3H3. The first-order chi connectivity index (χ1) is 8.60. The SMILES string of the molecule is CNC(C)c1ccc(Br)cc1Sc1nc(C)ns1. The minimum Gasteiger partial charge on any atom is -0.313 e. The van der Waals surface area contributed by atoms with E-state index in [-0.39, 0.29) is 0 Å². The van der Waals surface area contributed by atoms with E-state index in [9.17, 15) is 0 Å². The number of rotatable bonds is 4. The van der Waals surface area contributed by atoms with Crippen molar-refractivity contribution in [1.29, 1.82) is 0 Å². The maximum absolute atomic E-state index is 4.40. The van der Waals surface area contributed by atoms with Crippen molar-refractivity contribution in [3.8, 4) is 0 Å². The lowest BCUT2D eigenvalue weighted by atomic mass is 10.1. The van der Waals surface area contributed by atoms with Gasteiger partial charge in [0.05, 0.1) is 0 Å². The third-order valence-corrected chi connectivity index (χ3v) is 4.99. The minimum atomic E-state index is 0.314. The predicted octanol–water partition coefficient (Wildman–Crippen LogP) is 4.04. The fourth-order valence-corrected chi connectivity index (χ4v) is 3.90. The van der Waals surface area contributed by atoms with Crippen LogP contribution in [0.25, 0.3) is 0 Å². The molecule has 6 heteroatoms. The molecule has 0 saturated carbocycles. The average molecular weight is 344 g/mol. The molecule has 1 aromatic heterocycles. The number of aromatic nitrogens is 2. The van der Waals surface area contributed by atoms with Crippen LogP contribution in [0.1, 0.15) is 24.4 Å². The summed E-state index contributed by atoms with van der Waals surface area (Å²) in [6.07, 6.45) is 0. The van der Waals surface area contributed by atoms with E-state index in [1.165, 1.54) is 22.0 Å². The minimum absolute atomic E-state index is 0.314. The van der Waals surface area contributed by atoms with E-state index in [0.717, 1.165) is 14.6 Å². The lowest BCUT2D eigenvalue weighted by molar-refractivity contribution is 0.641. The first kappa shape index (κ1) is 14.0. The molecule has 1 aromatic carbocycles. The van der Waals surface area contributed by atoms with Crippen LogP contribution >= 0.6 is 39.2 Å². The molecule has 2 rings (SSSR count). The van der Waals surface area contributed by atoms with Gasteiger partial charge in [-0.25, -0.2) is 4.98 Å². The number of nitrogens with one attached hydrogen (secondary N) is 1. The summed E-state index contributed by atoms with van der Waals surface area (Å²) in [5.74, 6) is 0.834. The van der Waals surface area contributed by atoms with E-state index in [0.29, 0.717) is 6.04 Å². The van der Waals surface area contributed by atoms with E-state index in [4.69, 9.17) is 0 Å². The van der Waals surface area contributed by atoms with Gasteiger partial charge < -0.3 is 5.32 Å². The smallest absolute Gasteiger partial charge is 0.174 e. The van der Waals surface area contributed by atoms with E-state index >= 15 is 0 Å². The van der Waals surface area contributed by atoms with Gasteiger partial charge in [-0.1, -0.05) is 33.8 Å². The Morgan fingerprint density at radius 3 is 2.83 bits per heavy atom. The topological polar surface area (TPSA) is 37.8 Å². The predicted molar refractivity (Wildman–Crippen MR) is 80.4 cm³/mol. The van der Waals surface area contributed by atoms with Crippen LogP contribution in [0.15, 0.2) is 31.9 Å². The van der Waals surface area contributed by atoms with Crippen molar-refractivity contribution in [3.63, 3.8) is 0 Å². The summed E-state index contributed by atoms with van der Waals surface area (Å²) in [6.45, 7) is 4.07. The molecule has 18 heavy (non-hydrogen) atoms. The summed E-state index contributed by atoms with van der Waals surface area (Å²) < 4.78 is 6.28. The number of aryl methyl sites for hydroxylation is 1. The maximum atomic E-state index is 4.40. The van der Waals surface area contributed by atoms with Crippen molar-refractivity contribution in [2.75, 3.05) is 7.05 Å². The highest BCUT2D eigenvalue weighted by atomic mass is 79.9. The zero-order valence-corrected chi connectivity index (χ0v) is 13.6. The molecule has 96 valence electrons. The van der Waals surface area contributed by atoms with Crippen LogP contribution in [0.2, 0.25) is 0 Å². The van der Waals surface area contributed by atoms with Gasteiger partial charge in [0.1, 0.15) is 5.82 Å². The fraction of sp³-hybridized carbons (Fsp3) is 0.333. The molecule has 0 fully saturated rings. The second-order valence-electron chi connectivity index (χ2n) is 3.90. The highest BCUT2D eigenvalue weighted by molar-refractivity contribution is 9.10. The lowest BCUT2D eigenvalue weighted by Crippen LogP contribution is -2.13. The Labute approximate surface area is 124 Å². The Hall–Kier alpha value is -0.430. The molecule has 2 aromatic rings. The first-order valence-electron chi connectivity index (χ1n) is 5.55. The van der Waals surface area contributed by atoms with Gasteiger partial charge in [0.2, 0.25) is 0 Å². The molecular formula is C12H14BrN3S2. The van der Waals surface area contributed by atoms with Crippen LogP contribution in [0.5, 0.6) is 0 Å². The molecule has 0 radical (unpaired) electrons. The summed E-state index contributed by atoms with van der Waals surface area (Å²) in [6, 6.07) is 6.65. The number of hydrogen-bond donors (Lipinski definition) is 1. The van der Waals surface area contributed by atoms with Crippen LogP contribution in [-0.4, -0.2) is 16.4 Å². The molecular weight excluding hydrogens is 330 g/mol. The molecule has 1 unspecified atom stereocenters. The second-order valence-corrected chi connectivity index (χ2v) is 6.86. The summed E-state index contributed by atoms with van der Waals surface area (Å²) in [4.78, 5) is 5.61. The Kier molecular flexibility index (Phi) is 4.77. The number of benzene rings is 1. The Morgan fingerprint density at radius 2 is 2.22 bits per heavy atom. The normalized spacial score (nSPS) is 12.7. The van der Waals surface area contributed by atoms with Gasteiger partial charge in [0.15, 0.2) is 4.34 Å². The van der Waals surface area contributed by atoms with Crippen LogP contribution in [0.3, 0.4) is 0 Å². The quantitative estimate of drug-likeness (QED) is 0.908. The molecule has 3 nitrogen and oxygen atoms in total. The van der Waals surface area contributed by atoms with E-state index in [2.05, 4.69) is 55.7 Å². The van der Waals surface area contributed by atoms with Crippen molar-refractivity contribution in [3.05, 3.63) is 34.1 Å². The van der Waals surface area contributed by atoms with Crippen molar-refractivity contribution in [1.82, 2.24) is 14.7 Å². The molecule has 0 bridgehead atoms. The Bertz CT molecular complexity index is 542. The fourth-order valence-electron chi connectivity index (χ4n) is 1.52. The zero-order chi connectivity index (χ0) is 13.1. The zero-order valence-electron chi connectivity index (χ0n) is 10.4. The lowest BCUT2D eigenvalue weighted by Gasteiger charge is -2.15. The molecule has 0 aliphatic heterocycles. The largest absolute Gasteiger partial charge is 0.313 e. The van der Waals surface area contributed by atoms with E-state index < -0.39 is 0 Å². The number of hydrogen-bond acceptors (Lipinski definition) is 5. The maximum Gasteiger partial charge on any atom is 0.174 e. The summed E-state index contributed by atoms with van der Waals surface area (Å²) >= 11 is 6.63. The molecule has 1 N–H and O–H groups in total. The van der Waals surface area contributed by atoms with Gasteiger partial charge >= 0.3 is 0 Å². The molecule has 0 spiro atoms. The molecule has 0 aliphatic rings. The third kappa shape index (κ3) is 3.32. The van der Waals surface area contributed by atoms with E-state index in [1.54, 1.807) is 11.8 Å². The van der Waals surface area contributed by atoms with Crippen molar-refractivity contribution >= 4 is 39.2 Å². The van der Waals surface area contributed by atoms with Crippen molar-refractivity contribution < 1.29 is 0 Å². The number of halogens is 1.